The van der Waals surface area contributed by atoms with Crippen LogP contribution in [0.25, 0.3) is 5.65 Å². The second kappa shape index (κ2) is 10.3. The summed E-state index contributed by atoms with van der Waals surface area (Å²) in [6.07, 6.45) is 4.96. The minimum absolute atomic E-state index is 0.188. The molecule has 5 heterocycles. The van der Waals surface area contributed by atoms with Gasteiger partial charge in [-0.25, -0.2) is 14.5 Å². The number of piperidine rings is 1. The van der Waals surface area contributed by atoms with Crippen molar-refractivity contribution in [2.75, 3.05) is 28.6 Å². The minimum Gasteiger partial charge on any atom is -0.393 e. The molecule has 0 spiro atoms. The second-order valence-electron chi connectivity index (χ2n) is 8.61. The molecule has 36 heavy (non-hydrogen) atoms. The smallest absolute Gasteiger partial charge is 0.229 e. The molecule has 4 aromatic rings. The Kier molecular flexibility index (Phi) is 6.75. The molecular weight excluding hydrogens is 482 g/mol. The molecule has 1 fully saturated rings. The molecule has 1 aliphatic heterocycles. The number of aromatic nitrogens is 7. The van der Waals surface area contributed by atoms with Crippen molar-refractivity contribution in [3.63, 3.8) is 0 Å². The standard InChI is InChI=1S/C23H24ClN11O/c1-14(36)10-19-29-21-11-16(6-9-35(21)33-19)28-23-26-13-18(24)22(30-23)27-15-4-7-34(8-5-15)20-3-2-17(12-25)31-32-20/h2-3,6,9,11,13-15,36H,4-5,7-8,10H2,1H3,(H2,26,27,28,30). The van der Waals surface area contributed by atoms with Crippen molar-refractivity contribution in [1.82, 2.24) is 34.8 Å². The van der Waals surface area contributed by atoms with Crippen LogP contribution in [0.1, 0.15) is 31.3 Å². The fraction of sp³-hybridized carbons (Fsp3) is 0.348. The molecule has 0 saturated carbocycles. The van der Waals surface area contributed by atoms with Gasteiger partial charge in [0.1, 0.15) is 11.1 Å². The molecule has 0 bridgehead atoms. The Morgan fingerprint density at radius 3 is 2.78 bits per heavy atom. The van der Waals surface area contributed by atoms with E-state index in [0.29, 0.717) is 40.4 Å². The van der Waals surface area contributed by atoms with Gasteiger partial charge >= 0.3 is 0 Å². The number of nitrogens with zero attached hydrogens (tertiary/aromatic N) is 9. The van der Waals surface area contributed by atoms with Gasteiger partial charge in [0, 0.05) is 43.5 Å². The number of anilines is 4. The van der Waals surface area contributed by atoms with Gasteiger partial charge in [-0.05, 0) is 38.0 Å². The van der Waals surface area contributed by atoms with Crippen LogP contribution >= 0.6 is 11.6 Å². The summed E-state index contributed by atoms with van der Waals surface area (Å²) in [5.41, 5.74) is 1.71. The van der Waals surface area contributed by atoms with Gasteiger partial charge in [-0.2, -0.15) is 15.3 Å². The predicted octanol–water partition coefficient (Wildman–Crippen LogP) is 2.58. The minimum atomic E-state index is -0.509. The summed E-state index contributed by atoms with van der Waals surface area (Å²) in [5.74, 6) is 2.31. The van der Waals surface area contributed by atoms with Crippen LogP contribution in [0.4, 0.5) is 23.3 Å². The van der Waals surface area contributed by atoms with Crippen molar-refractivity contribution < 1.29 is 5.11 Å². The molecule has 5 rings (SSSR count). The number of fused-ring (bicyclic) bond motifs is 1. The number of pyridine rings is 1. The van der Waals surface area contributed by atoms with E-state index in [1.54, 1.807) is 29.9 Å². The number of rotatable bonds is 7. The molecule has 0 amide bonds. The van der Waals surface area contributed by atoms with Crippen molar-refractivity contribution in [2.45, 2.75) is 38.3 Å². The highest BCUT2D eigenvalue weighted by Gasteiger charge is 2.22. The Labute approximate surface area is 212 Å². The first kappa shape index (κ1) is 23.7. The third kappa shape index (κ3) is 5.42. The molecule has 0 aromatic carbocycles. The molecule has 1 unspecified atom stereocenters. The Morgan fingerprint density at radius 2 is 2.06 bits per heavy atom. The molecule has 12 nitrogen and oxygen atoms in total. The van der Waals surface area contributed by atoms with Gasteiger partial charge in [0.15, 0.2) is 28.8 Å². The van der Waals surface area contributed by atoms with E-state index in [-0.39, 0.29) is 6.04 Å². The number of hydrogen-bond donors (Lipinski definition) is 3. The highest BCUT2D eigenvalue weighted by molar-refractivity contribution is 6.32. The Hall–Kier alpha value is -4.08. The monoisotopic (exact) mass is 505 g/mol. The number of aliphatic hydroxyl groups excluding tert-OH is 1. The van der Waals surface area contributed by atoms with Crippen LogP contribution in [0, 0.1) is 11.3 Å². The van der Waals surface area contributed by atoms with Crippen LogP contribution in [-0.2, 0) is 6.42 Å². The zero-order chi connectivity index (χ0) is 25.1. The quantitative estimate of drug-likeness (QED) is 0.339. The van der Waals surface area contributed by atoms with Gasteiger partial charge in [0.05, 0.1) is 12.3 Å². The summed E-state index contributed by atoms with van der Waals surface area (Å²) in [5, 5.41) is 38.0. The highest BCUT2D eigenvalue weighted by atomic mass is 35.5. The number of aliphatic hydroxyl groups is 1. The van der Waals surface area contributed by atoms with E-state index in [1.807, 2.05) is 24.3 Å². The summed E-state index contributed by atoms with van der Waals surface area (Å²) in [7, 11) is 0. The molecule has 184 valence electrons. The summed E-state index contributed by atoms with van der Waals surface area (Å²) in [6, 6.07) is 9.36. The zero-order valence-corrected chi connectivity index (χ0v) is 20.3. The number of hydrogen-bond acceptors (Lipinski definition) is 11. The SMILES string of the molecule is CC(O)Cc1nc2cc(Nc3ncc(Cl)c(NC4CCN(c5ccc(C#N)nn5)CC4)n3)ccn2n1. The van der Waals surface area contributed by atoms with E-state index >= 15 is 0 Å². The van der Waals surface area contributed by atoms with Crippen LogP contribution in [0.3, 0.4) is 0 Å². The maximum atomic E-state index is 9.58. The number of nitrogens with one attached hydrogen (secondary N) is 2. The molecule has 0 radical (unpaired) electrons. The third-order valence-corrected chi connectivity index (χ3v) is 6.06. The van der Waals surface area contributed by atoms with Gasteiger partial charge in [-0.1, -0.05) is 11.6 Å². The van der Waals surface area contributed by atoms with Crippen molar-refractivity contribution in [1.29, 1.82) is 5.26 Å². The van der Waals surface area contributed by atoms with Crippen molar-refractivity contribution in [2.24, 2.45) is 0 Å². The molecule has 1 atom stereocenters. The molecular formula is C23H24ClN11O. The molecule has 4 aromatic heterocycles. The average molecular weight is 506 g/mol. The predicted molar refractivity (Wildman–Crippen MR) is 134 cm³/mol. The third-order valence-electron chi connectivity index (χ3n) is 5.78. The highest BCUT2D eigenvalue weighted by Crippen LogP contribution is 2.25. The lowest BCUT2D eigenvalue weighted by Gasteiger charge is -2.33. The average Bonchev–Trinajstić information content (AvgIpc) is 3.27. The first-order valence-corrected chi connectivity index (χ1v) is 11.9. The largest absolute Gasteiger partial charge is 0.393 e. The van der Waals surface area contributed by atoms with Gasteiger partial charge in [-0.3, -0.25) is 0 Å². The maximum Gasteiger partial charge on any atom is 0.229 e. The van der Waals surface area contributed by atoms with E-state index in [0.717, 1.165) is 37.4 Å². The number of halogens is 1. The van der Waals surface area contributed by atoms with Crippen molar-refractivity contribution in [3.05, 3.63) is 53.2 Å². The first-order valence-electron chi connectivity index (χ1n) is 11.5. The van der Waals surface area contributed by atoms with E-state index in [2.05, 4.69) is 45.8 Å². The van der Waals surface area contributed by atoms with E-state index in [9.17, 15) is 5.11 Å². The van der Waals surface area contributed by atoms with E-state index in [1.165, 1.54) is 0 Å². The molecule has 3 N–H and O–H groups in total. The van der Waals surface area contributed by atoms with Crippen LogP contribution in [-0.4, -0.2) is 65.1 Å². The normalized spacial score (nSPS) is 15.0. The maximum absolute atomic E-state index is 9.58. The summed E-state index contributed by atoms with van der Waals surface area (Å²) in [4.78, 5) is 15.5. The van der Waals surface area contributed by atoms with Crippen LogP contribution in [0.2, 0.25) is 5.02 Å². The lowest BCUT2D eigenvalue weighted by atomic mass is 10.1. The summed E-state index contributed by atoms with van der Waals surface area (Å²) < 4.78 is 1.66. The first-order chi connectivity index (χ1) is 17.5. The lowest BCUT2D eigenvalue weighted by molar-refractivity contribution is 0.193. The molecule has 1 aliphatic rings. The van der Waals surface area contributed by atoms with Crippen molar-refractivity contribution in [3.8, 4) is 6.07 Å². The van der Waals surface area contributed by atoms with E-state index < -0.39 is 6.10 Å². The van der Waals surface area contributed by atoms with Crippen LogP contribution in [0.5, 0.6) is 0 Å². The van der Waals surface area contributed by atoms with Gasteiger partial charge in [0.25, 0.3) is 0 Å². The topological polar surface area (TPSA) is 153 Å². The van der Waals surface area contributed by atoms with Crippen LogP contribution in [0.15, 0.2) is 36.7 Å². The molecule has 0 aliphatic carbocycles. The Bertz CT molecular complexity index is 1390. The van der Waals surface area contributed by atoms with Gasteiger partial charge in [-0.15, -0.1) is 10.2 Å². The van der Waals surface area contributed by atoms with Crippen molar-refractivity contribution >= 4 is 40.5 Å². The van der Waals surface area contributed by atoms with Gasteiger partial charge in [0.2, 0.25) is 5.95 Å². The zero-order valence-electron chi connectivity index (χ0n) is 19.5. The summed E-state index contributed by atoms with van der Waals surface area (Å²) >= 11 is 6.38. The molecule has 1 saturated heterocycles. The van der Waals surface area contributed by atoms with E-state index in [4.69, 9.17) is 16.9 Å². The van der Waals surface area contributed by atoms with Gasteiger partial charge < -0.3 is 20.6 Å². The Morgan fingerprint density at radius 1 is 1.22 bits per heavy atom. The lowest BCUT2D eigenvalue weighted by Crippen LogP contribution is -2.39. The van der Waals surface area contributed by atoms with Crippen LogP contribution < -0.4 is 15.5 Å². The number of nitriles is 1. The molecule has 13 heteroatoms. The summed E-state index contributed by atoms with van der Waals surface area (Å²) in [6.45, 7) is 3.29. The Balaban J connectivity index is 1.22. The fourth-order valence-electron chi connectivity index (χ4n) is 4.01. The fourth-order valence-corrected chi connectivity index (χ4v) is 4.16. The second-order valence-corrected chi connectivity index (χ2v) is 9.02.